The summed E-state index contributed by atoms with van der Waals surface area (Å²) in [7, 11) is 3.01. The molecule has 0 aliphatic heterocycles. The first kappa shape index (κ1) is 23.7. The molecule has 0 saturated heterocycles. The minimum absolute atomic E-state index is 0.232. The van der Waals surface area contributed by atoms with Crippen molar-refractivity contribution in [3.63, 3.8) is 0 Å². The SMILES string of the molecule is COc1ccc(OC)c(NC(=O)c2ccc(-n3nc(-c4cccc(C(F)(F)F)c4)cc3N)cc2)c1. The molecular formula is C25H21F3N4O3. The van der Waals surface area contributed by atoms with Crippen LogP contribution in [0.5, 0.6) is 11.5 Å². The van der Waals surface area contributed by atoms with Gasteiger partial charge in [-0.3, -0.25) is 4.79 Å². The van der Waals surface area contributed by atoms with Gasteiger partial charge in [0.2, 0.25) is 0 Å². The molecule has 4 aromatic rings. The lowest BCUT2D eigenvalue weighted by atomic mass is 10.1. The molecular weight excluding hydrogens is 461 g/mol. The second-order valence-corrected chi connectivity index (χ2v) is 7.51. The molecule has 0 atom stereocenters. The molecule has 0 fully saturated rings. The Morgan fingerprint density at radius 2 is 1.71 bits per heavy atom. The summed E-state index contributed by atoms with van der Waals surface area (Å²) in [5.74, 6) is 0.890. The number of nitrogen functional groups attached to an aromatic ring is 1. The Kier molecular flexibility index (Phi) is 6.37. The van der Waals surface area contributed by atoms with Crippen LogP contribution < -0.4 is 20.5 Å². The molecule has 0 radical (unpaired) electrons. The Morgan fingerprint density at radius 1 is 0.971 bits per heavy atom. The number of nitrogens with two attached hydrogens (primary N) is 1. The van der Waals surface area contributed by atoms with E-state index >= 15 is 0 Å². The monoisotopic (exact) mass is 482 g/mol. The van der Waals surface area contributed by atoms with E-state index in [0.29, 0.717) is 34.1 Å². The minimum Gasteiger partial charge on any atom is -0.497 e. The maximum Gasteiger partial charge on any atom is 0.416 e. The smallest absolute Gasteiger partial charge is 0.416 e. The Balaban J connectivity index is 1.56. The van der Waals surface area contributed by atoms with E-state index in [0.717, 1.165) is 12.1 Å². The average Bonchev–Trinajstić information content (AvgIpc) is 3.25. The molecule has 180 valence electrons. The molecule has 1 heterocycles. The zero-order valence-electron chi connectivity index (χ0n) is 18.8. The molecule has 3 N–H and O–H groups in total. The number of benzene rings is 3. The summed E-state index contributed by atoms with van der Waals surface area (Å²) >= 11 is 0. The molecule has 0 aliphatic carbocycles. The molecule has 35 heavy (non-hydrogen) atoms. The lowest BCUT2D eigenvalue weighted by Crippen LogP contribution is -2.13. The van der Waals surface area contributed by atoms with Gasteiger partial charge in [0.1, 0.15) is 17.3 Å². The van der Waals surface area contributed by atoms with Gasteiger partial charge in [0.15, 0.2) is 0 Å². The standard InChI is InChI=1S/C25H21F3N4O3/c1-34-19-10-11-22(35-2)21(13-19)30-24(33)15-6-8-18(9-7-15)32-23(29)14-20(31-32)16-4-3-5-17(12-16)25(26,27)28/h3-14H,29H2,1-2H3,(H,30,33). The summed E-state index contributed by atoms with van der Waals surface area (Å²) in [5, 5.41) is 7.13. The second kappa shape index (κ2) is 9.41. The molecule has 0 unspecified atom stereocenters. The van der Waals surface area contributed by atoms with Crippen molar-refractivity contribution >= 4 is 17.4 Å². The maximum absolute atomic E-state index is 13.1. The molecule has 0 spiro atoms. The van der Waals surface area contributed by atoms with E-state index in [1.165, 1.54) is 37.1 Å². The van der Waals surface area contributed by atoms with Gasteiger partial charge in [0.25, 0.3) is 5.91 Å². The number of nitrogens with one attached hydrogen (secondary N) is 1. The normalized spacial score (nSPS) is 11.2. The number of alkyl halides is 3. The molecule has 1 aromatic heterocycles. The van der Waals surface area contributed by atoms with E-state index in [1.807, 2.05) is 0 Å². The fraction of sp³-hybridized carbons (Fsp3) is 0.120. The van der Waals surface area contributed by atoms with Crippen LogP contribution >= 0.6 is 0 Å². The van der Waals surface area contributed by atoms with Crippen LogP contribution in [0.2, 0.25) is 0 Å². The third kappa shape index (κ3) is 5.06. The van der Waals surface area contributed by atoms with Gasteiger partial charge in [-0.2, -0.15) is 18.3 Å². The van der Waals surface area contributed by atoms with Crippen LogP contribution in [0.1, 0.15) is 15.9 Å². The summed E-state index contributed by atoms with van der Waals surface area (Å²) < 4.78 is 51.0. The van der Waals surface area contributed by atoms with Gasteiger partial charge < -0.3 is 20.5 Å². The van der Waals surface area contributed by atoms with Crippen LogP contribution in [0, 0.1) is 0 Å². The number of hydrogen-bond acceptors (Lipinski definition) is 5. The van der Waals surface area contributed by atoms with Crippen LogP contribution in [0.15, 0.2) is 72.8 Å². The van der Waals surface area contributed by atoms with Crippen molar-refractivity contribution in [1.29, 1.82) is 0 Å². The third-order valence-electron chi connectivity index (χ3n) is 5.25. The number of anilines is 2. The Morgan fingerprint density at radius 3 is 2.37 bits per heavy atom. The predicted octanol–water partition coefficient (Wildman–Crippen LogP) is 5.41. The quantitative estimate of drug-likeness (QED) is 0.384. The van der Waals surface area contributed by atoms with Gasteiger partial charge in [-0.25, -0.2) is 4.68 Å². The summed E-state index contributed by atoms with van der Waals surface area (Å²) in [6, 6.07) is 17.8. The zero-order valence-corrected chi connectivity index (χ0v) is 18.8. The van der Waals surface area contributed by atoms with Crippen molar-refractivity contribution in [3.05, 3.63) is 83.9 Å². The summed E-state index contributed by atoms with van der Waals surface area (Å²) in [6.45, 7) is 0. The topological polar surface area (TPSA) is 91.4 Å². The second-order valence-electron chi connectivity index (χ2n) is 7.51. The van der Waals surface area contributed by atoms with E-state index in [9.17, 15) is 18.0 Å². The number of aromatic nitrogens is 2. The number of methoxy groups -OCH3 is 2. The highest BCUT2D eigenvalue weighted by molar-refractivity contribution is 6.05. The molecule has 10 heteroatoms. The number of rotatable bonds is 6. The van der Waals surface area contributed by atoms with Crippen molar-refractivity contribution in [3.8, 4) is 28.4 Å². The van der Waals surface area contributed by atoms with Gasteiger partial charge in [0, 0.05) is 23.3 Å². The number of amides is 1. The molecule has 0 bridgehead atoms. The van der Waals surface area contributed by atoms with Crippen LogP contribution in [0.4, 0.5) is 24.7 Å². The Labute approximate surface area is 198 Å². The molecule has 1 amide bonds. The lowest BCUT2D eigenvalue weighted by molar-refractivity contribution is -0.137. The molecule has 0 saturated carbocycles. The van der Waals surface area contributed by atoms with Crippen molar-refractivity contribution in [1.82, 2.24) is 9.78 Å². The first-order valence-electron chi connectivity index (χ1n) is 10.4. The zero-order chi connectivity index (χ0) is 25.2. The average molecular weight is 482 g/mol. The number of halogens is 3. The number of nitrogens with zero attached hydrogens (tertiary/aromatic N) is 2. The van der Waals surface area contributed by atoms with E-state index in [2.05, 4.69) is 10.4 Å². The van der Waals surface area contributed by atoms with Gasteiger partial charge in [-0.15, -0.1) is 0 Å². The molecule has 7 nitrogen and oxygen atoms in total. The predicted molar refractivity (Wildman–Crippen MR) is 126 cm³/mol. The summed E-state index contributed by atoms with van der Waals surface area (Å²) in [4.78, 5) is 12.8. The van der Waals surface area contributed by atoms with Crippen LogP contribution in [-0.4, -0.2) is 29.9 Å². The van der Waals surface area contributed by atoms with E-state index in [1.54, 1.807) is 42.5 Å². The number of ether oxygens (including phenoxy) is 2. The van der Waals surface area contributed by atoms with Gasteiger partial charge >= 0.3 is 6.18 Å². The Hall–Kier alpha value is -4.47. The first-order valence-corrected chi connectivity index (χ1v) is 10.4. The number of hydrogen-bond donors (Lipinski definition) is 2. The number of carbonyl (C=O) groups is 1. The maximum atomic E-state index is 13.1. The van der Waals surface area contributed by atoms with Gasteiger partial charge in [-0.1, -0.05) is 12.1 Å². The highest BCUT2D eigenvalue weighted by Gasteiger charge is 2.30. The Bertz CT molecular complexity index is 1370. The molecule has 0 aliphatic rings. The number of carbonyl (C=O) groups excluding carboxylic acids is 1. The van der Waals surface area contributed by atoms with Crippen LogP contribution in [-0.2, 0) is 6.18 Å². The highest BCUT2D eigenvalue weighted by Crippen LogP contribution is 2.33. The van der Waals surface area contributed by atoms with Crippen LogP contribution in [0.3, 0.4) is 0 Å². The fourth-order valence-electron chi connectivity index (χ4n) is 3.46. The van der Waals surface area contributed by atoms with E-state index in [-0.39, 0.29) is 17.3 Å². The van der Waals surface area contributed by atoms with Crippen molar-refractivity contribution in [2.24, 2.45) is 0 Å². The summed E-state index contributed by atoms with van der Waals surface area (Å²) in [5.41, 5.74) is 7.22. The van der Waals surface area contributed by atoms with Crippen molar-refractivity contribution in [2.45, 2.75) is 6.18 Å². The molecule has 4 rings (SSSR count). The third-order valence-corrected chi connectivity index (χ3v) is 5.25. The minimum atomic E-state index is -4.46. The summed E-state index contributed by atoms with van der Waals surface area (Å²) in [6.07, 6.45) is -4.46. The first-order chi connectivity index (χ1) is 16.7. The fourth-order valence-corrected chi connectivity index (χ4v) is 3.46. The van der Waals surface area contributed by atoms with Crippen molar-refractivity contribution in [2.75, 3.05) is 25.3 Å². The van der Waals surface area contributed by atoms with Gasteiger partial charge in [-0.05, 0) is 48.5 Å². The lowest BCUT2D eigenvalue weighted by Gasteiger charge is -2.12. The van der Waals surface area contributed by atoms with E-state index in [4.69, 9.17) is 15.2 Å². The largest absolute Gasteiger partial charge is 0.497 e. The van der Waals surface area contributed by atoms with Crippen molar-refractivity contribution < 1.29 is 27.4 Å². The van der Waals surface area contributed by atoms with E-state index < -0.39 is 11.7 Å². The highest BCUT2D eigenvalue weighted by atomic mass is 19.4. The van der Waals surface area contributed by atoms with Gasteiger partial charge in [0.05, 0.1) is 36.9 Å². The van der Waals surface area contributed by atoms with Crippen LogP contribution in [0.25, 0.3) is 16.9 Å². The molecule has 3 aromatic carbocycles.